The van der Waals surface area contributed by atoms with Gasteiger partial charge in [-0.2, -0.15) is 0 Å². The third-order valence-electron chi connectivity index (χ3n) is 3.14. The standard InChI is InChI=1S/C14H20N2O2/c1-3-18-11-6-7-12(10(2)9-11)16-14(17)13-5-4-8-15-13/h6-7,9,13,15H,3-5,8H2,1-2H3,(H,16,17)/t13-/m1/s1. The van der Waals surface area contributed by atoms with Crippen LogP contribution in [0.25, 0.3) is 0 Å². The summed E-state index contributed by atoms with van der Waals surface area (Å²) in [6.45, 7) is 5.51. The van der Waals surface area contributed by atoms with E-state index in [1.807, 2.05) is 32.0 Å². The van der Waals surface area contributed by atoms with Crippen molar-refractivity contribution in [3.63, 3.8) is 0 Å². The van der Waals surface area contributed by atoms with Gasteiger partial charge in [-0.05, 0) is 57.0 Å². The average Bonchev–Trinajstić information content (AvgIpc) is 2.86. The second kappa shape index (κ2) is 5.87. The van der Waals surface area contributed by atoms with E-state index in [0.29, 0.717) is 6.61 Å². The fraction of sp³-hybridized carbons (Fsp3) is 0.500. The van der Waals surface area contributed by atoms with Gasteiger partial charge in [0.25, 0.3) is 0 Å². The van der Waals surface area contributed by atoms with E-state index in [9.17, 15) is 4.79 Å². The summed E-state index contributed by atoms with van der Waals surface area (Å²) in [6, 6.07) is 5.68. The van der Waals surface area contributed by atoms with Crippen LogP contribution in [0.1, 0.15) is 25.3 Å². The lowest BCUT2D eigenvalue weighted by Crippen LogP contribution is -2.35. The van der Waals surface area contributed by atoms with E-state index < -0.39 is 0 Å². The van der Waals surface area contributed by atoms with Crippen molar-refractivity contribution in [3.8, 4) is 5.75 Å². The van der Waals surface area contributed by atoms with Crippen molar-refractivity contribution in [2.24, 2.45) is 0 Å². The second-order valence-electron chi connectivity index (χ2n) is 4.55. The molecular formula is C14H20N2O2. The van der Waals surface area contributed by atoms with Crippen LogP contribution in [-0.2, 0) is 4.79 Å². The predicted molar refractivity (Wildman–Crippen MR) is 72.0 cm³/mol. The van der Waals surface area contributed by atoms with Gasteiger partial charge in [0, 0.05) is 5.69 Å². The van der Waals surface area contributed by atoms with Gasteiger partial charge in [-0.3, -0.25) is 4.79 Å². The first-order chi connectivity index (χ1) is 8.70. The Hall–Kier alpha value is -1.55. The highest BCUT2D eigenvalue weighted by molar-refractivity contribution is 5.95. The Morgan fingerprint density at radius 3 is 3.00 bits per heavy atom. The van der Waals surface area contributed by atoms with Crippen LogP contribution in [0.2, 0.25) is 0 Å². The minimum atomic E-state index is -0.0454. The van der Waals surface area contributed by atoms with E-state index in [1.54, 1.807) is 0 Å². The minimum Gasteiger partial charge on any atom is -0.494 e. The molecule has 1 saturated heterocycles. The molecule has 1 aliphatic heterocycles. The largest absolute Gasteiger partial charge is 0.494 e. The Bertz CT molecular complexity index is 426. The van der Waals surface area contributed by atoms with Crippen LogP contribution < -0.4 is 15.4 Å². The van der Waals surface area contributed by atoms with Gasteiger partial charge in [0.2, 0.25) is 5.91 Å². The molecule has 4 nitrogen and oxygen atoms in total. The molecule has 1 amide bonds. The van der Waals surface area contributed by atoms with Crippen molar-refractivity contribution in [1.29, 1.82) is 0 Å². The molecule has 18 heavy (non-hydrogen) atoms. The molecule has 2 N–H and O–H groups in total. The SMILES string of the molecule is CCOc1ccc(NC(=O)[C@H]2CCCN2)c(C)c1. The number of carbonyl (C=O) groups excluding carboxylic acids is 1. The lowest BCUT2D eigenvalue weighted by Gasteiger charge is -2.14. The summed E-state index contributed by atoms with van der Waals surface area (Å²) in [6.07, 6.45) is 1.99. The van der Waals surface area contributed by atoms with Crippen molar-refractivity contribution in [2.75, 3.05) is 18.5 Å². The first-order valence-electron chi connectivity index (χ1n) is 6.48. The molecule has 1 aromatic carbocycles. The number of aryl methyl sites for hydroxylation is 1. The van der Waals surface area contributed by atoms with Crippen LogP contribution in [0.3, 0.4) is 0 Å². The average molecular weight is 248 g/mol. The topological polar surface area (TPSA) is 50.4 Å². The van der Waals surface area contributed by atoms with Gasteiger partial charge in [-0.15, -0.1) is 0 Å². The van der Waals surface area contributed by atoms with Gasteiger partial charge >= 0.3 is 0 Å². The normalized spacial score (nSPS) is 18.7. The number of benzene rings is 1. The number of rotatable bonds is 4. The number of amides is 1. The van der Waals surface area contributed by atoms with Crippen molar-refractivity contribution < 1.29 is 9.53 Å². The van der Waals surface area contributed by atoms with Gasteiger partial charge in [-0.25, -0.2) is 0 Å². The molecule has 0 radical (unpaired) electrons. The number of hydrogen-bond donors (Lipinski definition) is 2. The molecule has 0 saturated carbocycles. The molecule has 1 heterocycles. The number of anilines is 1. The first kappa shape index (κ1) is 12.9. The summed E-state index contributed by atoms with van der Waals surface area (Å²) in [4.78, 5) is 12.0. The van der Waals surface area contributed by atoms with Gasteiger partial charge in [0.1, 0.15) is 5.75 Å². The highest BCUT2D eigenvalue weighted by Crippen LogP contribution is 2.22. The summed E-state index contributed by atoms with van der Waals surface area (Å²) in [5, 5.41) is 6.16. The molecule has 0 unspecified atom stereocenters. The third kappa shape index (κ3) is 3.01. The number of nitrogens with one attached hydrogen (secondary N) is 2. The van der Waals surface area contributed by atoms with Crippen LogP contribution in [0.15, 0.2) is 18.2 Å². The molecule has 0 aromatic heterocycles. The molecule has 1 fully saturated rings. The molecule has 0 spiro atoms. The maximum absolute atomic E-state index is 12.0. The van der Waals surface area contributed by atoms with Crippen LogP contribution in [0.5, 0.6) is 5.75 Å². The first-order valence-corrected chi connectivity index (χ1v) is 6.48. The number of carbonyl (C=O) groups is 1. The number of hydrogen-bond acceptors (Lipinski definition) is 3. The molecule has 1 aromatic rings. The quantitative estimate of drug-likeness (QED) is 0.857. The molecule has 98 valence electrons. The van der Waals surface area contributed by atoms with E-state index in [2.05, 4.69) is 10.6 Å². The zero-order valence-corrected chi connectivity index (χ0v) is 11.0. The third-order valence-corrected chi connectivity index (χ3v) is 3.14. The summed E-state index contributed by atoms with van der Waals surface area (Å²) in [7, 11) is 0. The Balaban J connectivity index is 2.02. The molecule has 0 bridgehead atoms. The van der Waals surface area contributed by atoms with Crippen LogP contribution >= 0.6 is 0 Å². The van der Waals surface area contributed by atoms with Crippen molar-refractivity contribution >= 4 is 11.6 Å². The molecule has 1 aliphatic rings. The highest BCUT2D eigenvalue weighted by Gasteiger charge is 2.22. The van der Waals surface area contributed by atoms with Gasteiger partial charge in [0.05, 0.1) is 12.6 Å². The van der Waals surface area contributed by atoms with Gasteiger partial charge < -0.3 is 15.4 Å². The fourth-order valence-electron chi connectivity index (χ4n) is 2.16. The lowest BCUT2D eigenvalue weighted by atomic mass is 10.1. The van der Waals surface area contributed by atoms with E-state index >= 15 is 0 Å². The Labute approximate surface area is 108 Å². The highest BCUT2D eigenvalue weighted by atomic mass is 16.5. The van der Waals surface area contributed by atoms with Crippen LogP contribution in [0.4, 0.5) is 5.69 Å². The molecule has 4 heteroatoms. The van der Waals surface area contributed by atoms with E-state index in [0.717, 1.165) is 36.4 Å². The van der Waals surface area contributed by atoms with Crippen molar-refractivity contribution in [2.45, 2.75) is 32.7 Å². The molecule has 0 aliphatic carbocycles. The molecular weight excluding hydrogens is 228 g/mol. The van der Waals surface area contributed by atoms with E-state index in [-0.39, 0.29) is 11.9 Å². The molecule has 1 atom stereocenters. The fourth-order valence-corrected chi connectivity index (χ4v) is 2.16. The Morgan fingerprint density at radius 2 is 2.39 bits per heavy atom. The minimum absolute atomic E-state index is 0.0454. The van der Waals surface area contributed by atoms with E-state index in [4.69, 9.17) is 4.74 Å². The maximum atomic E-state index is 12.0. The second-order valence-corrected chi connectivity index (χ2v) is 4.55. The van der Waals surface area contributed by atoms with Crippen LogP contribution in [-0.4, -0.2) is 25.1 Å². The zero-order valence-electron chi connectivity index (χ0n) is 11.0. The van der Waals surface area contributed by atoms with Crippen LogP contribution in [0, 0.1) is 6.92 Å². The summed E-state index contributed by atoms with van der Waals surface area (Å²) >= 11 is 0. The number of ether oxygens (including phenoxy) is 1. The predicted octanol–water partition coefficient (Wildman–Crippen LogP) is 2.08. The maximum Gasteiger partial charge on any atom is 0.241 e. The Kier molecular flexibility index (Phi) is 4.20. The van der Waals surface area contributed by atoms with Crippen molar-refractivity contribution in [3.05, 3.63) is 23.8 Å². The van der Waals surface area contributed by atoms with E-state index in [1.165, 1.54) is 0 Å². The summed E-state index contributed by atoms with van der Waals surface area (Å²) in [5.74, 6) is 0.895. The van der Waals surface area contributed by atoms with Gasteiger partial charge in [0.15, 0.2) is 0 Å². The summed E-state index contributed by atoms with van der Waals surface area (Å²) in [5.41, 5.74) is 1.88. The van der Waals surface area contributed by atoms with Crippen molar-refractivity contribution in [1.82, 2.24) is 5.32 Å². The summed E-state index contributed by atoms with van der Waals surface area (Å²) < 4.78 is 5.42. The lowest BCUT2D eigenvalue weighted by molar-refractivity contribution is -0.117. The zero-order chi connectivity index (χ0) is 13.0. The van der Waals surface area contributed by atoms with Gasteiger partial charge in [-0.1, -0.05) is 0 Å². The monoisotopic (exact) mass is 248 g/mol. The smallest absolute Gasteiger partial charge is 0.241 e. The Morgan fingerprint density at radius 1 is 1.56 bits per heavy atom. The molecule has 2 rings (SSSR count).